The Morgan fingerprint density at radius 3 is 2.58 bits per heavy atom. The maximum Gasteiger partial charge on any atom is 0.339 e. The largest absolute Gasteiger partial charge is 0.496 e. The van der Waals surface area contributed by atoms with Crippen molar-refractivity contribution in [3.63, 3.8) is 0 Å². The summed E-state index contributed by atoms with van der Waals surface area (Å²) in [6.45, 7) is 0. The Labute approximate surface area is 119 Å². The molecule has 100 valence electrons. The number of rotatable bonds is 3. The van der Waals surface area contributed by atoms with E-state index in [1.54, 1.807) is 12.1 Å². The van der Waals surface area contributed by atoms with Crippen molar-refractivity contribution < 1.29 is 19.4 Å². The molecule has 5 heteroatoms. The Bertz CT molecular complexity index is 624. The second-order valence-electron chi connectivity index (χ2n) is 4.01. The Morgan fingerprint density at radius 1 is 1.21 bits per heavy atom. The summed E-state index contributed by atoms with van der Waals surface area (Å²) in [5, 5.41) is 11.8. The molecule has 0 aromatic heterocycles. The van der Waals surface area contributed by atoms with Crippen LogP contribution >= 0.6 is 15.9 Å². The van der Waals surface area contributed by atoms with Gasteiger partial charge in [-0.3, -0.25) is 0 Å². The van der Waals surface area contributed by atoms with Gasteiger partial charge in [-0.1, -0.05) is 22.0 Å². The number of esters is 1. The van der Waals surface area contributed by atoms with E-state index in [-0.39, 0.29) is 0 Å². The molecule has 0 bridgehead atoms. The lowest BCUT2D eigenvalue weighted by atomic mass is 10.0. The van der Waals surface area contributed by atoms with Gasteiger partial charge in [0.15, 0.2) is 6.10 Å². The van der Waals surface area contributed by atoms with E-state index in [0.717, 1.165) is 15.2 Å². The molecule has 19 heavy (non-hydrogen) atoms. The van der Waals surface area contributed by atoms with Crippen LogP contribution in [0.4, 0.5) is 0 Å². The number of aliphatic hydroxyl groups is 1. The molecule has 0 spiro atoms. The van der Waals surface area contributed by atoms with Crippen molar-refractivity contribution >= 4 is 32.7 Å². The number of halogens is 1. The first kappa shape index (κ1) is 13.8. The van der Waals surface area contributed by atoms with Crippen LogP contribution in [0.5, 0.6) is 5.75 Å². The Kier molecular flexibility index (Phi) is 4.07. The first-order valence-electron chi connectivity index (χ1n) is 5.60. The molecule has 0 aliphatic rings. The molecule has 1 atom stereocenters. The van der Waals surface area contributed by atoms with Crippen LogP contribution in [0.25, 0.3) is 10.8 Å². The SMILES string of the molecule is COC(=O)C(O)c1cc2cc(Br)ccc2cc1OC. The van der Waals surface area contributed by atoms with Crippen molar-refractivity contribution in [2.45, 2.75) is 6.10 Å². The number of carbonyl (C=O) groups is 1. The summed E-state index contributed by atoms with van der Waals surface area (Å²) >= 11 is 3.39. The number of carbonyl (C=O) groups excluding carboxylic acids is 1. The van der Waals surface area contributed by atoms with Crippen LogP contribution in [0.3, 0.4) is 0 Å². The number of benzene rings is 2. The van der Waals surface area contributed by atoms with Gasteiger partial charge in [0.1, 0.15) is 5.75 Å². The van der Waals surface area contributed by atoms with Crippen molar-refractivity contribution in [2.75, 3.05) is 14.2 Å². The molecule has 1 N–H and O–H groups in total. The lowest BCUT2D eigenvalue weighted by Gasteiger charge is -2.14. The van der Waals surface area contributed by atoms with Gasteiger partial charge < -0.3 is 14.6 Å². The summed E-state index contributed by atoms with van der Waals surface area (Å²) in [6, 6.07) is 9.25. The zero-order valence-electron chi connectivity index (χ0n) is 10.5. The topological polar surface area (TPSA) is 55.8 Å². The third-order valence-corrected chi connectivity index (χ3v) is 3.36. The molecule has 4 nitrogen and oxygen atoms in total. The van der Waals surface area contributed by atoms with Crippen LogP contribution in [0, 0.1) is 0 Å². The maximum absolute atomic E-state index is 11.4. The molecule has 2 aromatic carbocycles. The summed E-state index contributed by atoms with van der Waals surface area (Å²) in [5.41, 5.74) is 0.389. The first-order chi connectivity index (χ1) is 9.06. The van der Waals surface area contributed by atoms with Gasteiger partial charge in [-0.2, -0.15) is 0 Å². The van der Waals surface area contributed by atoms with Gasteiger partial charge >= 0.3 is 5.97 Å². The molecule has 0 heterocycles. The molecule has 0 fully saturated rings. The van der Waals surface area contributed by atoms with Crippen molar-refractivity contribution in [1.29, 1.82) is 0 Å². The lowest BCUT2D eigenvalue weighted by molar-refractivity contribution is -0.150. The summed E-state index contributed by atoms with van der Waals surface area (Å²) in [6.07, 6.45) is -1.36. The molecular weight excluding hydrogens is 312 g/mol. The minimum atomic E-state index is -1.36. The molecule has 0 saturated heterocycles. The van der Waals surface area contributed by atoms with Crippen LogP contribution in [0.2, 0.25) is 0 Å². The monoisotopic (exact) mass is 324 g/mol. The van der Waals surface area contributed by atoms with Gasteiger partial charge in [-0.05, 0) is 35.0 Å². The van der Waals surface area contributed by atoms with Crippen LogP contribution in [0.15, 0.2) is 34.8 Å². The minimum absolute atomic E-state index is 0.389. The molecule has 0 amide bonds. The van der Waals surface area contributed by atoms with E-state index < -0.39 is 12.1 Å². The quantitative estimate of drug-likeness (QED) is 0.882. The number of hydrogen-bond donors (Lipinski definition) is 1. The summed E-state index contributed by atoms with van der Waals surface area (Å²) in [4.78, 5) is 11.4. The maximum atomic E-state index is 11.4. The molecule has 0 aliphatic carbocycles. The number of fused-ring (bicyclic) bond motifs is 1. The highest BCUT2D eigenvalue weighted by molar-refractivity contribution is 9.10. The van der Waals surface area contributed by atoms with Gasteiger partial charge in [-0.15, -0.1) is 0 Å². The molecular formula is C14H13BrO4. The molecule has 0 saturated carbocycles. The highest BCUT2D eigenvalue weighted by Gasteiger charge is 2.22. The molecule has 1 unspecified atom stereocenters. The fraction of sp³-hybridized carbons (Fsp3) is 0.214. The zero-order valence-corrected chi connectivity index (χ0v) is 12.1. The van der Waals surface area contributed by atoms with Crippen LogP contribution in [0.1, 0.15) is 11.7 Å². The number of aliphatic hydroxyl groups excluding tert-OH is 1. The normalized spacial score (nSPS) is 12.2. The van der Waals surface area contributed by atoms with Crippen molar-refractivity contribution in [2.24, 2.45) is 0 Å². The summed E-state index contributed by atoms with van der Waals surface area (Å²) < 4.78 is 10.7. The molecule has 0 aliphatic heterocycles. The smallest absolute Gasteiger partial charge is 0.339 e. The standard InChI is InChI=1S/C14H13BrO4/c1-18-12-7-8-3-4-10(15)5-9(8)6-11(12)13(16)14(17)19-2/h3-7,13,16H,1-2H3. The zero-order chi connectivity index (χ0) is 14.0. The van der Waals surface area contributed by atoms with E-state index in [1.807, 2.05) is 18.2 Å². The fourth-order valence-electron chi connectivity index (χ4n) is 1.89. The average molecular weight is 325 g/mol. The third kappa shape index (κ3) is 2.72. The van der Waals surface area contributed by atoms with Gasteiger partial charge in [0.05, 0.1) is 14.2 Å². The predicted octanol–water partition coefficient (Wildman–Crippen LogP) is 2.82. The van der Waals surface area contributed by atoms with Crippen molar-refractivity contribution in [3.05, 3.63) is 40.4 Å². The van der Waals surface area contributed by atoms with Crippen LogP contribution < -0.4 is 4.74 Å². The molecule has 2 aromatic rings. The lowest BCUT2D eigenvalue weighted by Crippen LogP contribution is -2.14. The summed E-state index contributed by atoms with van der Waals surface area (Å²) in [5.74, 6) is -0.264. The van der Waals surface area contributed by atoms with E-state index in [4.69, 9.17) is 4.74 Å². The van der Waals surface area contributed by atoms with Gasteiger partial charge in [0.25, 0.3) is 0 Å². The predicted molar refractivity (Wildman–Crippen MR) is 75.2 cm³/mol. The second kappa shape index (κ2) is 5.59. The number of ether oxygens (including phenoxy) is 2. The average Bonchev–Trinajstić information content (AvgIpc) is 2.44. The fourth-order valence-corrected chi connectivity index (χ4v) is 2.27. The second-order valence-corrected chi connectivity index (χ2v) is 4.93. The number of hydrogen-bond acceptors (Lipinski definition) is 4. The third-order valence-electron chi connectivity index (χ3n) is 2.87. The van der Waals surface area contributed by atoms with Crippen LogP contribution in [-0.4, -0.2) is 25.3 Å². The Balaban J connectivity index is 2.61. The van der Waals surface area contributed by atoms with Crippen molar-refractivity contribution in [1.82, 2.24) is 0 Å². The number of methoxy groups -OCH3 is 2. The highest BCUT2D eigenvalue weighted by Crippen LogP contribution is 2.32. The van der Waals surface area contributed by atoms with E-state index in [1.165, 1.54) is 14.2 Å². The summed E-state index contributed by atoms with van der Waals surface area (Å²) in [7, 11) is 2.73. The van der Waals surface area contributed by atoms with Gasteiger partial charge in [-0.25, -0.2) is 4.79 Å². The first-order valence-corrected chi connectivity index (χ1v) is 6.39. The van der Waals surface area contributed by atoms with E-state index >= 15 is 0 Å². The van der Waals surface area contributed by atoms with Gasteiger partial charge in [0, 0.05) is 10.0 Å². The van der Waals surface area contributed by atoms with Crippen LogP contribution in [-0.2, 0) is 9.53 Å². The Hall–Kier alpha value is -1.59. The van der Waals surface area contributed by atoms with E-state index in [2.05, 4.69) is 20.7 Å². The molecule has 0 radical (unpaired) electrons. The van der Waals surface area contributed by atoms with E-state index in [0.29, 0.717) is 11.3 Å². The minimum Gasteiger partial charge on any atom is -0.496 e. The van der Waals surface area contributed by atoms with E-state index in [9.17, 15) is 9.90 Å². The van der Waals surface area contributed by atoms with Gasteiger partial charge in [0.2, 0.25) is 0 Å². The Morgan fingerprint density at radius 2 is 1.95 bits per heavy atom. The van der Waals surface area contributed by atoms with Crippen molar-refractivity contribution in [3.8, 4) is 5.75 Å². The molecule has 2 rings (SSSR count). The highest BCUT2D eigenvalue weighted by atomic mass is 79.9.